The lowest BCUT2D eigenvalue weighted by molar-refractivity contribution is -0.123. The van der Waals surface area contributed by atoms with Gasteiger partial charge in [0.05, 0.1) is 12.6 Å². The molecule has 5 nitrogen and oxygen atoms in total. The van der Waals surface area contributed by atoms with Gasteiger partial charge in [-0.15, -0.1) is 0 Å². The molecule has 0 aromatic heterocycles. The number of hydrogen-bond acceptors (Lipinski definition) is 4. The third-order valence-electron chi connectivity index (χ3n) is 4.71. The molecule has 2 unspecified atom stereocenters. The van der Waals surface area contributed by atoms with Crippen LogP contribution in [0, 0.1) is 5.92 Å². The smallest absolute Gasteiger partial charge is 0.234 e. The molecule has 2 aliphatic heterocycles. The Morgan fingerprint density at radius 3 is 2.43 bits per heavy atom. The van der Waals surface area contributed by atoms with E-state index in [9.17, 15) is 4.79 Å². The van der Waals surface area contributed by atoms with E-state index in [1.807, 2.05) is 0 Å². The van der Waals surface area contributed by atoms with Crippen molar-refractivity contribution in [3.05, 3.63) is 0 Å². The Morgan fingerprint density at radius 1 is 1.19 bits per heavy atom. The number of hydrogen-bond donors (Lipinski definition) is 1. The summed E-state index contributed by atoms with van der Waals surface area (Å²) in [5.74, 6) is 0.640. The average Bonchev–Trinajstić information content (AvgIpc) is 2.93. The van der Waals surface area contributed by atoms with Crippen molar-refractivity contribution >= 4 is 5.91 Å². The van der Waals surface area contributed by atoms with Gasteiger partial charge in [0.15, 0.2) is 0 Å². The molecule has 2 heterocycles. The van der Waals surface area contributed by atoms with Gasteiger partial charge in [-0.25, -0.2) is 0 Å². The predicted molar refractivity (Wildman–Crippen MR) is 84.3 cm³/mol. The van der Waals surface area contributed by atoms with Crippen molar-refractivity contribution in [2.75, 3.05) is 45.9 Å². The second kappa shape index (κ2) is 8.11. The van der Waals surface area contributed by atoms with E-state index in [-0.39, 0.29) is 11.9 Å². The van der Waals surface area contributed by atoms with Crippen molar-refractivity contribution in [1.82, 2.24) is 15.1 Å². The van der Waals surface area contributed by atoms with Crippen molar-refractivity contribution < 1.29 is 9.53 Å². The molecule has 0 aromatic rings. The van der Waals surface area contributed by atoms with Gasteiger partial charge in [-0.3, -0.25) is 14.6 Å². The van der Waals surface area contributed by atoms with Crippen molar-refractivity contribution in [1.29, 1.82) is 0 Å². The van der Waals surface area contributed by atoms with Gasteiger partial charge in [-0.05, 0) is 25.7 Å². The van der Waals surface area contributed by atoms with Gasteiger partial charge in [0.25, 0.3) is 0 Å². The molecule has 1 amide bonds. The monoisotopic (exact) mass is 297 g/mol. The van der Waals surface area contributed by atoms with Gasteiger partial charge in [-0.2, -0.15) is 0 Å². The Labute approximate surface area is 129 Å². The minimum Gasteiger partial charge on any atom is -0.377 e. The molecule has 2 aliphatic rings. The molecule has 0 saturated carbocycles. The van der Waals surface area contributed by atoms with Gasteiger partial charge in [0.1, 0.15) is 0 Å². The van der Waals surface area contributed by atoms with Crippen LogP contribution in [0.2, 0.25) is 0 Å². The number of piperazine rings is 1. The molecule has 1 N–H and O–H groups in total. The molecule has 0 aromatic carbocycles. The number of carbonyl (C=O) groups excluding carboxylic acids is 1. The zero-order valence-electron chi connectivity index (χ0n) is 13.8. The molecule has 122 valence electrons. The van der Waals surface area contributed by atoms with Crippen LogP contribution in [0.3, 0.4) is 0 Å². The van der Waals surface area contributed by atoms with Crippen molar-refractivity contribution in [3.8, 4) is 0 Å². The van der Waals surface area contributed by atoms with Crippen molar-refractivity contribution in [2.24, 2.45) is 5.92 Å². The van der Waals surface area contributed by atoms with Crippen molar-refractivity contribution in [3.63, 3.8) is 0 Å². The quantitative estimate of drug-likeness (QED) is 0.793. The van der Waals surface area contributed by atoms with E-state index in [0.717, 1.165) is 39.3 Å². The first-order chi connectivity index (χ1) is 10.0. The summed E-state index contributed by atoms with van der Waals surface area (Å²) in [5, 5.41) is 3.08. The predicted octanol–water partition coefficient (Wildman–Crippen LogP) is 0.944. The van der Waals surface area contributed by atoms with Gasteiger partial charge < -0.3 is 10.1 Å². The van der Waals surface area contributed by atoms with Crippen LogP contribution in [0.4, 0.5) is 0 Å². The number of carbonyl (C=O) groups is 1. The maximum absolute atomic E-state index is 12.0. The maximum atomic E-state index is 12.0. The van der Waals surface area contributed by atoms with E-state index in [4.69, 9.17) is 4.74 Å². The number of ether oxygens (including phenoxy) is 1. The molecule has 2 rings (SSSR count). The third kappa shape index (κ3) is 5.57. The average molecular weight is 297 g/mol. The summed E-state index contributed by atoms with van der Waals surface area (Å²) in [5.41, 5.74) is 0. The Bertz CT molecular complexity index is 321. The Kier molecular flexibility index (Phi) is 6.45. The topological polar surface area (TPSA) is 44.8 Å². The zero-order chi connectivity index (χ0) is 15.2. The highest BCUT2D eigenvalue weighted by Gasteiger charge is 2.23. The van der Waals surface area contributed by atoms with Crippen LogP contribution in [0.15, 0.2) is 0 Å². The minimum atomic E-state index is 0.156. The SMILES string of the molecule is CC(C)C(C)NC(=O)CN1CCN(CC2CCCO2)CC1. The van der Waals surface area contributed by atoms with E-state index in [2.05, 4.69) is 35.9 Å². The summed E-state index contributed by atoms with van der Waals surface area (Å²) in [6, 6.07) is 0.248. The first-order valence-electron chi connectivity index (χ1n) is 8.40. The van der Waals surface area contributed by atoms with Crippen LogP contribution < -0.4 is 5.32 Å². The summed E-state index contributed by atoms with van der Waals surface area (Å²) < 4.78 is 5.69. The lowest BCUT2D eigenvalue weighted by atomic mass is 10.1. The maximum Gasteiger partial charge on any atom is 0.234 e. The van der Waals surface area contributed by atoms with Crippen LogP contribution >= 0.6 is 0 Å². The van der Waals surface area contributed by atoms with Crippen LogP contribution in [-0.2, 0) is 9.53 Å². The van der Waals surface area contributed by atoms with E-state index < -0.39 is 0 Å². The lowest BCUT2D eigenvalue weighted by Gasteiger charge is -2.35. The van der Waals surface area contributed by atoms with Crippen LogP contribution in [0.5, 0.6) is 0 Å². The molecular formula is C16H31N3O2. The molecule has 21 heavy (non-hydrogen) atoms. The Hall–Kier alpha value is -0.650. The summed E-state index contributed by atoms with van der Waals surface area (Å²) in [6.07, 6.45) is 2.85. The van der Waals surface area contributed by atoms with E-state index in [1.54, 1.807) is 0 Å². The Balaban J connectivity index is 1.63. The van der Waals surface area contributed by atoms with Gasteiger partial charge >= 0.3 is 0 Å². The standard InChI is InChI=1S/C16H31N3O2/c1-13(2)14(3)17-16(20)12-19-8-6-18(7-9-19)11-15-5-4-10-21-15/h13-15H,4-12H2,1-3H3,(H,17,20). The molecule has 0 radical (unpaired) electrons. The molecular weight excluding hydrogens is 266 g/mol. The first-order valence-corrected chi connectivity index (χ1v) is 8.40. The van der Waals surface area contributed by atoms with Crippen molar-refractivity contribution in [2.45, 2.75) is 45.8 Å². The van der Waals surface area contributed by atoms with Crippen LogP contribution in [0.1, 0.15) is 33.6 Å². The lowest BCUT2D eigenvalue weighted by Crippen LogP contribution is -2.51. The number of nitrogens with zero attached hydrogens (tertiary/aromatic N) is 2. The summed E-state index contributed by atoms with van der Waals surface area (Å²) in [4.78, 5) is 16.7. The number of amides is 1. The fraction of sp³-hybridized carbons (Fsp3) is 0.938. The molecule has 5 heteroatoms. The highest BCUT2D eigenvalue weighted by atomic mass is 16.5. The summed E-state index contributed by atoms with van der Waals surface area (Å²) in [7, 11) is 0. The highest BCUT2D eigenvalue weighted by molar-refractivity contribution is 5.78. The van der Waals surface area contributed by atoms with Crippen LogP contribution in [0.25, 0.3) is 0 Å². The van der Waals surface area contributed by atoms with Gasteiger partial charge in [0.2, 0.25) is 5.91 Å². The van der Waals surface area contributed by atoms with Gasteiger partial charge in [-0.1, -0.05) is 13.8 Å². The van der Waals surface area contributed by atoms with Crippen LogP contribution in [-0.4, -0.2) is 73.7 Å². The Morgan fingerprint density at radius 2 is 1.86 bits per heavy atom. The third-order valence-corrected chi connectivity index (χ3v) is 4.71. The largest absolute Gasteiger partial charge is 0.377 e. The molecule has 2 fully saturated rings. The summed E-state index contributed by atoms with van der Waals surface area (Å²) in [6.45, 7) is 12.9. The van der Waals surface area contributed by atoms with E-state index in [0.29, 0.717) is 18.6 Å². The second-order valence-electron chi connectivity index (χ2n) is 6.81. The minimum absolute atomic E-state index is 0.156. The number of nitrogens with one attached hydrogen (secondary N) is 1. The first kappa shape index (κ1) is 16.7. The van der Waals surface area contributed by atoms with E-state index >= 15 is 0 Å². The molecule has 0 spiro atoms. The number of rotatable bonds is 6. The fourth-order valence-electron chi connectivity index (χ4n) is 2.88. The normalized spacial score (nSPS) is 26.2. The molecule has 0 bridgehead atoms. The second-order valence-corrected chi connectivity index (χ2v) is 6.81. The molecule has 0 aliphatic carbocycles. The van der Waals surface area contributed by atoms with E-state index in [1.165, 1.54) is 12.8 Å². The molecule has 2 saturated heterocycles. The highest BCUT2D eigenvalue weighted by Crippen LogP contribution is 2.14. The van der Waals surface area contributed by atoms with Gasteiger partial charge in [0, 0.05) is 45.4 Å². The molecule has 2 atom stereocenters. The zero-order valence-corrected chi connectivity index (χ0v) is 13.8. The summed E-state index contributed by atoms with van der Waals surface area (Å²) >= 11 is 0. The fourth-order valence-corrected chi connectivity index (χ4v) is 2.88.